The van der Waals surface area contributed by atoms with Crippen LogP contribution in [0.5, 0.6) is 0 Å². The number of benzene rings is 1. The smallest absolute Gasteiger partial charge is 0.264 e. The summed E-state index contributed by atoms with van der Waals surface area (Å²) in [5.41, 5.74) is 1.93. The fourth-order valence-corrected chi connectivity index (χ4v) is 5.00. The molecule has 0 aliphatic carbocycles. The van der Waals surface area contributed by atoms with E-state index in [4.69, 9.17) is 0 Å². The SMILES string of the molecule is Cc1nn(CC(C)C)c2sc(C(=O)N3CCNC(=O)CC3c3ccccc3)cc12. The average molecular weight is 411 g/mol. The first kappa shape index (κ1) is 19.6. The van der Waals surface area contributed by atoms with E-state index in [9.17, 15) is 9.59 Å². The molecular weight excluding hydrogens is 384 g/mol. The normalized spacial score (nSPS) is 17.6. The maximum atomic E-state index is 13.5. The molecule has 152 valence electrons. The second-order valence-corrected chi connectivity index (χ2v) is 9.00. The molecule has 0 saturated carbocycles. The van der Waals surface area contributed by atoms with Crippen LogP contribution in [0.4, 0.5) is 0 Å². The fraction of sp³-hybridized carbons (Fsp3) is 0.409. The van der Waals surface area contributed by atoms with Gasteiger partial charge in [-0.05, 0) is 24.5 Å². The minimum atomic E-state index is -0.260. The molecule has 0 spiro atoms. The summed E-state index contributed by atoms with van der Waals surface area (Å²) in [5, 5.41) is 8.58. The zero-order valence-electron chi connectivity index (χ0n) is 17.0. The number of carbonyl (C=O) groups is 2. The van der Waals surface area contributed by atoms with E-state index in [2.05, 4.69) is 24.3 Å². The van der Waals surface area contributed by atoms with Crippen LogP contribution in [0.2, 0.25) is 0 Å². The van der Waals surface area contributed by atoms with E-state index in [1.165, 1.54) is 11.3 Å². The van der Waals surface area contributed by atoms with Gasteiger partial charge in [-0.25, -0.2) is 0 Å². The summed E-state index contributed by atoms with van der Waals surface area (Å²) in [4.78, 5) is 29.3. The summed E-state index contributed by atoms with van der Waals surface area (Å²) in [6.45, 7) is 8.10. The van der Waals surface area contributed by atoms with Crippen LogP contribution >= 0.6 is 11.3 Å². The van der Waals surface area contributed by atoms with Gasteiger partial charge < -0.3 is 10.2 Å². The van der Waals surface area contributed by atoms with Crippen LogP contribution in [0.15, 0.2) is 36.4 Å². The molecule has 0 radical (unpaired) electrons. The molecule has 0 bridgehead atoms. The van der Waals surface area contributed by atoms with Crippen molar-refractivity contribution in [2.45, 2.75) is 39.8 Å². The molecule has 7 heteroatoms. The van der Waals surface area contributed by atoms with Crippen LogP contribution in [0.25, 0.3) is 10.2 Å². The topological polar surface area (TPSA) is 67.2 Å². The van der Waals surface area contributed by atoms with E-state index in [0.717, 1.165) is 28.0 Å². The first-order valence-corrected chi connectivity index (χ1v) is 10.8. The van der Waals surface area contributed by atoms with Gasteiger partial charge in [-0.3, -0.25) is 14.3 Å². The van der Waals surface area contributed by atoms with Crippen molar-refractivity contribution in [1.29, 1.82) is 0 Å². The van der Waals surface area contributed by atoms with Crippen molar-refractivity contribution >= 4 is 33.4 Å². The number of aromatic nitrogens is 2. The van der Waals surface area contributed by atoms with Gasteiger partial charge in [0.25, 0.3) is 5.91 Å². The first-order chi connectivity index (χ1) is 13.9. The number of rotatable bonds is 4. The number of hydrogen-bond donors (Lipinski definition) is 1. The fourth-order valence-electron chi connectivity index (χ4n) is 3.87. The molecule has 1 atom stereocenters. The Morgan fingerprint density at radius 2 is 2.07 bits per heavy atom. The molecule has 1 aliphatic heterocycles. The van der Waals surface area contributed by atoms with Crippen molar-refractivity contribution in [3.63, 3.8) is 0 Å². The van der Waals surface area contributed by atoms with Gasteiger partial charge in [-0.2, -0.15) is 5.10 Å². The largest absolute Gasteiger partial charge is 0.354 e. The molecule has 1 unspecified atom stereocenters. The third-order valence-electron chi connectivity index (χ3n) is 5.23. The monoisotopic (exact) mass is 410 g/mol. The van der Waals surface area contributed by atoms with Crippen LogP contribution < -0.4 is 5.32 Å². The highest BCUT2D eigenvalue weighted by molar-refractivity contribution is 7.20. The van der Waals surface area contributed by atoms with E-state index in [1.807, 2.05) is 52.9 Å². The van der Waals surface area contributed by atoms with E-state index >= 15 is 0 Å². The number of aryl methyl sites for hydroxylation is 1. The zero-order valence-corrected chi connectivity index (χ0v) is 17.8. The summed E-state index contributed by atoms with van der Waals surface area (Å²) in [6.07, 6.45) is 0.279. The highest BCUT2D eigenvalue weighted by Crippen LogP contribution is 2.33. The van der Waals surface area contributed by atoms with E-state index in [1.54, 1.807) is 0 Å². The Morgan fingerprint density at radius 1 is 1.31 bits per heavy atom. The highest BCUT2D eigenvalue weighted by atomic mass is 32.1. The van der Waals surface area contributed by atoms with Gasteiger partial charge >= 0.3 is 0 Å². The second kappa shape index (κ2) is 7.99. The molecule has 1 fully saturated rings. The van der Waals surface area contributed by atoms with Gasteiger partial charge in [-0.15, -0.1) is 11.3 Å². The molecule has 2 amide bonds. The predicted octanol–water partition coefficient (Wildman–Crippen LogP) is 3.77. The van der Waals surface area contributed by atoms with Crippen molar-refractivity contribution in [3.05, 3.63) is 52.5 Å². The van der Waals surface area contributed by atoms with Crippen LogP contribution in [-0.4, -0.2) is 39.6 Å². The van der Waals surface area contributed by atoms with Crippen molar-refractivity contribution in [2.24, 2.45) is 5.92 Å². The van der Waals surface area contributed by atoms with E-state index in [0.29, 0.717) is 23.9 Å². The van der Waals surface area contributed by atoms with Gasteiger partial charge in [0.05, 0.1) is 23.0 Å². The highest BCUT2D eigenvalue weighted by Gasteiger charge is 2.31. The molecule has 1 aliphatic rings. The lowest BCUT2D eigenvalue weighted by Crippen LogP contribution is -2.36. The molecule has 1 saturated heterocycles. The standard InChI is InChI=1S/C22H26N4O2S/c1-14(2)13-26-22-17(15(3)24-26)11-19(29-22)21(28)25-10-9-23-20(27)12-18(25)16-7-5-4-6-8-16/h4-8,11,14,18H,9-10,12-13H2,1-3H3,(H,23,27). The van der Waals surface area contributed by atoms with Crippen molar-refractivity contribution in [3.8, 4) is 0 Å². The van der Waals surface area contributed by atoms with Crippen LogP contribution in [0.1, 0.15) is 47.2 Å². The number of amides is 2. The Balaban J connectivity index is 1.70. The molecular formula is C22H26N4O2S. The molecule has 4 rings (SSSR count). The number of carbonyl (C=O) groups excluding carboxylic acids is 2. The van der Waals surface area contributed by atoms with Crippen molar-refractivity contribution in [2.75, 3.05) is 13.1 Å². The summed E-state index contributed by atoms with van der Waals surface area (Å²) >= 11 is 1.50. The number of fused-ring (bicyclic) bond motifs is 1. The number of hydrogen-bond acceptors (Lipinski definition) is 4. The summed E-state index contributed by atoms with van der Waals surface area (Å²) < 4.78 is 2.01. The molecule has 1 N–H and O–H groups in total. The molecule has 29 heavy (non-hydrogen) atoms. The Hall–Kier alpha value is -2.67. The van der Waals surface area contributed by atoms with Crippen LogP contribution in [0, 0.1) is 12.8 Å². The molecule has 3 aromatic rings. The Kier molecular flexibility index (Phi) is 5.41. The maximum Gasteiger partial charge on any atom is 0.264 e. The Morgan fingerprint density at radius 3 is 2.79 bits per heavy atom. The first-order valence-electron chi connectivity index (χ1n) is 10.0. The number of nitrogens with zero attached hydrogens (tertiary/aromatic N) is 3. The minimum absolute atomic E-state index is 0.0195. The third kappa shape index (κ3) is 3.92. The van der Waals surface area contributed by atoms with Crippen LogP contribution in [-0.2, 0) is 11.3 Å². The minimum Gasteiger partial charge on any atom is -0.354 e. The van der Waals surface area contributed by atoms with E-state index < -0.39 is 0 Å². The molecule has 6 nitrogen and oxygen atoms in total. The van der Waals surface area contributed by atoms with E-state index in [-0.39, 0.29) is 24.3 Å². The summed E-state index contributed by atoms with van der Waals surface area (Å²) in [7, 11) is 0. The zero-order chi connectivity index (χ0) is 20.5. The lowest BCUT2D eigenvalue weighted by atomic mass is 10.0. The Labute approximate surface area is 174 Å². The predicted molar refractivity (Wildman–Crippen MR) is 115 cm³/mol. The second-order valence-electron chi connectivity index (χ2n) is 7.97. The van der Waals surface area contributed by atoms with Gasteiger partial charge in [0.2, 0.25) is 5.91 Å². The molecule has 1 aromatic carbocycles. The van der Waals surface area contributed by atoms with Gasteiger partial charge in [0, 0.05) is 25.0 Å². The quantitative estimate of drug-likeness (QED) is 0.712. The van der Waals surface area contributed by atoms with Gasteiger partial charge in [-0.1, -0.05) is 44.2 Å². The lowest BCUT2D eigenvalue weighted by molar-refractivity contribution is -0.121. The molecule has 3 heterocycles. The van der Waals surface area contributed by atoms with Gasteiger partial charge in [0.15, 0.2) is 0 Å². The van der Waals surface area contributed by atoms with Crippen LogP contribution in [0.3, 0.4) is 0 Å². The number of nitrogens with one attached hydrogen (secondary N) is 1. The summed E-state index contributed by atoms with van der Waals surface area (Å²) in [5.74, 6) is 0.435. The van der Waals surface area contributed by atoms with Gasteiger partial charge in [0.1, 0.15) is 4.83 Å². The van der Waals surface area contributed by atoms with Crippen molar-refractivity contribution < 1.29 is 9.59 Å². The number of thiophene rings is 1. The maximum absolute atomic E-state index is 13.5. The Bertz CT molecular complexity index is 1040. The molecule has 2 aromatic heterocycles. The average Bonchev–Trinajstić information content (AvgIpc) is 3.18. The lowest BCUT2D eigenvalue weighted by Gasteiger charge is -2.29. The third-order valence-corrected chi connectivity index (χ3v) is 6.37. The summed E-state index contributed by atoms with van der Waals surface area (Å²) in [6, 6.07) is 11.5. The van der Waals surface area contributed by atoms with Crippen molar-refractivity contribution in [1.82, 2.24) is 20.0 Å².